The molecule has 1 amide bonds. The predicted molar refractivity (Wildman–Crippen MR) is 71.5 cm³/mol. The molecular formula is C13H26N2O3. The van der Waals surface area contributed by atoms with Crippen molar-refractivity contribution in [2.45, 2.75) is 58.5 Å². The van der Waals surface area contributed by atoms with E-state index in [9.17, 15) is 9.59 Å². The fourth-order valence-corrected chi connectivity index (χ4v) is 1.83. The van der Waals surface area contributed by atoms with Crippen molar-refractivity contribution in [3.05, 3.63) is 0 Å². The first kappa shape index (κ1) is 16.9. The van der Waals surface area contributed by atoms with Crippen molar-refractivity contribution in [2.75, 3.05) is 13.6 Å². The molecule has 0 heterocycles. The van der Waals surface area contributed by atoms with E-state index in [1.54, 1.807) is 25.8 Å². The van der Waals surface area contributed by atoms with Gasteiger partial charge in [0, 0.05) is 6.54 Å². The topological polar surface area (TPSA) is 69.6 Å². The number of carboxylic acids is 1. The van der Waals surface area contributed by atoms with Crippen LogP contribution in [0.2, 0.25) is 0 Å². The van der Waals surface area contributed by atoms with Gasteiger partial charge < -0.3 is 10.4 Å². The normalized spacial score (nSPS) is 14.3. The fraction of sp³-hybridized carbons (Fsp3) is 0.846. The van der Waals surface area contributed by atoms with Crippen molar-refractivity contribution in [3.63, 3.8) is 0 Å². The van der Waals surface area contributed by atoms with Crippen LogP contribution in [-0.2, 0) is 9.59 Å². The highest BCUT2D eigenvalue weighted by Crippen LogP contribution is 2.07. The van der Waals surface area contributed by atoms with E-state index >= 15 is 0 Å². The van der Waals surface area contributed by atoms with E-state index in [1.165, 1.54) is 0 Å². The van der Waals surface area contributed by atoms with Crippen LogP contribution in [0.15, 0.2) is 0 Å². The molecule has 0 aliphatic rings. The SMILES string of the molecule is CCCCCNC(=O)C(C)N(C)C(CC)C(=O)O. The van der Waals surface area contributed by atoms with Gasteiger partial charge in [0.1, 0.15) is 6.04 Å². The molecule has 0 fully saturated rings. The number of carbonyl (C=O) groups excluding carboxylic acids is 1. The average Bonchev–Trinajstić information content (AvgIpc) is 2.33. The molecule has 5 nitrogen and oxygen atoms in total. The van der Waals surface area contributed by atoms with Crippen LogP contribution in [-0.4, -0.2) is 47.6 Å². The molecule has 106 valence electrons. The van der Waals surface area contributed by atoms with Crippen molar-refractivity contribution in [1.82, 2.24) is 10.2 Å². The van der Waals surface area contributed by atoms with E-state index in [0.717, 1.165) is 19.3 Å². The molecule has 5 heteroatoms. The Morgan fingerprint density at radius 1 is 1.28 bits per heavy atom. The number of amides is 1. The number of hydrogen-bond acceptors (Lipinski definition) is 3. The lowest BCUT2D eigenvalue weighted by molar-refractivity contribution is -0.144. The molecule has 2 atom stereocenters. The Morgan fingerprint density at radius 2 is 1.89 bits per heavy atom. The van der Waals surface area contributed by atoms with Crippen LogP contribution in [0.25, 0.3) is 0 Å². The molecule has 0 spiro atoms. The van der Waals surface area contributed by atoms with Gasteiger partial charge in [0.05, 0.1) is 6.04 Å². The van der Waals surface area contributed by atoms with Gasteiger partial charge in [0.25, 0.3) is 0 Å². The number of nitrogens with zero attached hydrogens (tertiary/aromatic N) is 1. The maximum Gasteiger partial charge on any atom is 0.320 e. The molecule has 0 aliphatic carbocycles. The molecule has 0 aromatic heterocycles. The maximum absolute atomic E-state index is 11.8. The van der Waals surface area contributed by atoms with Crippen molar-refractivity contribution in [2.24, 2.45) is 0 Å². The monoisotopic (exact) mass is 258 g/mol. The van der Waals surface area contributed by atoms with Crippen LogP contribution in [0.5, 0.6) is 0 Å². The van der Waals surface area contributed by atoms with E-state index < -0.39 is 18.1 Å². The first-order chi connectivity index (χ1) is 8.45. The molecule has 0 radical (unpaired) electrons. The molecule has 0 bridgehead atoms. The highest BCUT2D eigenvalue weighted by Gasteiger charge is 2.27. The van der Waals surface area contributed by atoms with Crippen molar-refractivity contribution in [1.29, 1.82) is 0 Å². The van der Waals surface area contributed by atoms with Gasteiger partial charge in [-0.3, -0.25) is 14.5 Å². The Morgan fingerprint density at radius 3 is 2.33 bits per heavy atom. The number of hydrogen-bond donors (Lipinski definition) is 2. The Labute approximate surface area is 110 Å². The number of aliphatic carboxylic acids is 1. The second-order valence-electron chi connectivity index (χ2n) is 4.60. The van der Waals surface area contributed by atoms with E-state index in [2.05, 4.69) is 12.2 Å². The summed E-state index contributed by atoms with van der Waals surface area (Å²) < 4.78 is 0. The Kier molecular flexibility index (Phi) is 8.37. The number of carboxylic acid groups (broad SMARTS) is 1. The zero-order valence-electron chi connectivity index (χ0n) is 11.9. The molecule has 0 aromatic carbocycles. The minimum Gasteiger partial charge on any atom is -0.480 e. The lowest BCUT2D eigenvalue weighted by Gasteiger charge is -2.28. The first-order valence-electron chi connectivity index (χ1n) is 6.68. The Bertz CT molecular complexity index is 269. The smallest absolute Gasteiger partial charge is 0.320 e. The summed E-state index contributed by atoms with van der Waals surface area (Å²) >= 11 is 0. The third-order valence-electron chi connectivity index (χ3n) is 3.23. The van der Waals surface area contributed by atoms with Gasteiger partial charge in [-0.1, -0.05) is 26.7 Å². The minimum atomic E-state index is -0.884. The number of likely N-dealkylation sites (N-methyl/N-ethyl adjacent to an activating group) is 1. The van der Waals surface area contributed by atoms with Crippen molar-refractivity contribution >= 4 is 11.9 Å². The minimum absolute atomic E-state index is 0.103. The third kappa shape index (κ3) is 5.49. The summed E-state index contributed by atoms with van der Waals surface area (Å²) in [5.74, 6) is -0.987. The fourth-order valence-electron chi connectivity index (χ4n) is 1.83. The highest BCUT2D eigenvalue weighted by atomic mass is 16.4. The molecular weight excluding hydrogens is 232 g/mol. The molecule has 2 N–H and O–H groups in total. The van der Waals surface area contributed by atoms with Crippen LogP contribution >= 0.6 is 0 Å². The van der Waals surface area contributed by atoms with E-state index in [1.807, 2.05) is 0 Å². The van der Waals surface area contributed by atoms with Gasteiger partial charge in [-0.05, 0) is 26.8 Å². The van der Waals surface area contributed by atoms with Crippen LogP contribution in [0.4, 0.5) is 0 Å². The quantitative estimate of drug-likeness (QED) is 0.615. The van der Waals surface area contributed by atoms with Gasteiger partial charge >= 0.3 is 5.97 Å². The van der Waals surface area contributed by atoms with Crippen LogP contribution in [0, 0.1) is 0 Å². The molecule has 0 aromatic rings. The molecule has 0 aliphatic heterocycles. The van der Waals surface area contributed by atoms with Gasteiger partial charge in [0.2, 0.25) is 5.91 Å². The highest BCUT2D eigenvalue weighted by molar-refractivity contribution is 5.82. The zero-order chi connectivity index (χ0) is 14.1. The number of nitrogens with one attached hydrogen (secondary N) is 1. The molecule has 2 unspecified atom stereocenters. The van der Waals surface area contributed by atoms with Gasteiger partial charge in [-0.15, -0.1) is 0 Å². The molecule has 0 saturated heterocycles. The summed E-state index contributed by atoms with van der Waals surface area (Å²) in [4.78, 5) is 24.5. The number of unbranched alkanes of at least 4 members (excludes halogenated alkanes) is 2. The number of carbonyl (C=O) groups is 2. The summed E-state index contributed by atoms with van der Waals surface area (Å²) in [7, 11) is 1.68. The van der Waals surface area contributed by atoms with Gasteiger partial charge in [-0.25, -0.2) is 0 Å². The maximum atomic E-state index is 11.8. The van der Waals surface area contributed by atoms with E-state index in [4.69, 9.17) is 5.11 Å². The predicted octanol–water partition coefficient (Wildman–Crippen LogP) is 1.48. The lowest BCUT2D eigenvalue weighted by atomic mass is 10.1. The summed E-state index contributed by atoms with van der Waals surface area (Å²) in [6.45, 7) is 6.31. The van der Waals surface area contributed by atoms with Gasteiger partial charge in [0.15, 0.2) is 0 Å². The molecule has 18 heavy (non-hydrogen) atoms. The van der Waals surface area contributed by atoms with Crippen LogP contribution in [0.1, 0.15) is 46.5 Å². The van der Waals surface area contributed by atoms with E-state index in [0.29, 0.717) is 13.0 Å². The zero-order valence-corrected chi connectivity index (χ0v) is 11.9. The number of rotatable bonds is 9. The molecule has 0 rings (SSSR count). The standard InChI is InChI=1S/C13H26N2O3/c1-5-7-8-9-14-12(16)10(3)15(4)11(6-2)13(17)18/h10-11H,5-9H2,1-4H3,(H,14,16)(H,17,18). The summed E-state index contributed by atoms with van der Waals surface area (Å²) in [5.41, 5.74) is 0. The van der Waals surface area contributed by atoms with Gasteiger partial charge in [-0.2, -0.15) is 0 Å². The Balaban J connectivity index is 4.22. The Hall–Kier alpha value is -1.10. The van der Waals surface area contributed by atoms with Crippen LogP contribution in [0.3, 0.4) is 0 Å². The lowest BCUT2D eigenvalue weighted by Crippen LogP contribution is -2.50. The average molecular weight is 258 g/mol. The van der Waals surface area contributed by atoms with Crippen LogP contribution < -0.4 is 5.32 Å². The summed E-state index contributed by atoms with van der Waals surface area (Å²) in [5, 5.41) is 11.9. The second-order valence-corrected chi connectivity index (χ2v) is 4.60. The molecule has 0 saturated carbocycles. The first-order valence-corrected chi connectivity index (χ1v) is 6.68. The van der Waals surface area contributed by atoms with E-state index in [-0.39, 0.29) is 5.91 Å². The summed E-state index contributed by atoms with van der Waals surface area (Å²) in [6, 6.07) is -1.03. The summed E-state index contributed by atoms with van der Waals surface area (Å²) in [6.07, 6.45) is 3.66. The van der Waals surface area contributed by atoms with Crippen molar-refractivity contribution in [3.8, 4) is 0 Å². The third-order valence-corrected chi connectivity index (χ3v) is 3.23. The second kappa shape index (κ2) is 8.91. The largest absolute Gasteiger partial charge is 0.480 e. The van der Waals surface area contributed by atoms with Crippen molar-refractivity contribution < 1.29 is 14.7 Å².